The molecule has 2 aliphatic rings. The maximum absolute atomic E-state index is 12.4. The van der Waals surface area contributed by atoms with Gasteiger partial charge in [0.15, 0.2) is 0 Å². The van der Waals surface area contributed by atoms with Gasteiger partial charge in [0.2, 0.25) is 5.91 Å². The Balaban J connectivity index is 1.66. The molecule has 1 saturated carbocycles. The summed E-state index contributed by atoms with van der Waals surface area (Å²) in [6, 6.07) is 5.93. The number of amides is 1. The number of methoxy groups -OCH3 is 1. The minimum absolute atomic E-state index is 0.00980. The quantitative estimate of drug-likeness (QED) is 0.895. The van der Waals surface area contributed by atoms with E-state index in [4.69, 9.17) is 9.84 Å². The monoisotopic (exact) mass is 303 g/mol. The van der Waals surface area contributed by atoms with Crippen LogP contribution in [-0.4, -0.2) is 24.1 Å². The molecule has 0 saturated heterocycles. The first-order valence-corrected chi connectivity index (χ1v) is 7.79. The SMILES string of the molecule is COc1cccc2c1CCC2NC(=O)[C@@H]1CC[C@H](C(=O)O)C1. The Bertz CT molecular complexity index is 598. The number of carbonyl (C=O) groups is 2. The summed E-state index contributed by atoms with van der Waals surface area (Å²) < 4.78 is 5.37. The third-order valence-electron chi connectivity index (χ3n) is 4.92. The number of fused-ring (bicyclic) bond motifs is 1. The molecule has 3 atom stereocenters. The molecule has 0 aliphatic heterocycles. The molecular formula is C17H21NO4. The molecule has 118 valence electrons. The molecule has 2 aliphatic carbocycles. The highest BCUT2D eigenvalue weighted by Crippen LogP contribution is 2.38. The lowest BCUT2D eigenvalue weighted by Gasteiger charge is -2.17. The van der Waals surface area contributed by atoms with Gasteiger partial charge in [-0.05, 0) is 49.3 Å². The van der Waals surface area contributed by atoms with Crippen molar-refractivity contribution < 1.29 is 19.4 Å². The molecule has 5 nitrogen and oxygen atoms in total. The van der Waals surface area contributed by atoms with Crippen molar-refractivity contribution in [2.24, 2.45) is 11.8 Å². The molecule has 1 aromatic rings. The molecule has 0 heterocycles. The van der Waals surface area contributed by atoms with Crippen LogP contribution in [0.25, 0.3) is 0 Å². The molecular weight excluding hydrogens is 282 g/mol. The van der Waals surface area contributed by atoms with Crippen LogP contribution >= 0.6 is 0 Å². The number of benzene rings is 1. The van der Waals surface area contributed by atoms with Crippen LogP contribution in [0.5, 0.6) is 5.75 Å². The number of carboxylic acids is 1. The Labute approximate surface area is 129 Å². The fourth-order valence-electron chi connectivity index (χ4n) is 3.70. The lowest BCUT2D eigenvalue weighted by Crippen LogP contribution is -2.32. The fourth-order valence-corrected chi connectivity index (χ4v) is 3.70. The predicted molar refractivity (Wildman–Crippen MR) is 80.7 cm³/mol. The standard InChI is InChI=1S/C17H21NO4/c1-22-15-4-2-3-12-13(15)7-8-14(12)18-16(19)10-5-6-11(9-10)17(20)21/h2-4,10-11,14H,5-9H2,1H3,(H,18,19)(H,20,21)/t10-,11+,14?/m1/s1. The van der Waals surface area contributed by atoms with E-state index in [1.165, 1.54) is 5.56 Å². The van der Waals surface area contributed by atoms with Crippen LogP contribution in [0.4, 0.5) is 0 Å². The normalized spacial score (nSPS) is 26.5. The molecule has 1 fully saturated rings. The van der Waals surface area contributed by atoms with Crippen LogP contribution in [-0.2, 0) is 16.0 Å². The average molecular weight is 303 g/mol. The third kappa shape index (κ3) is 2.67. The number of rotatable bonds is 4. The summed E-state index contributed by atoms with van der Waals surface area (Å²) in [4.78, 5) is 23.4. The van der Waals surface area contributed by atoms with Gasteiger partial charge < -0.3 is 15.2 Å². The first-order chi connectivity index (χ1) is 10.6. The second kappa shape index (κ2) is 5.99. The second-order valence-corrected chi connectivity index (χ2v) is 6.17. The lowest BCUT2D eigenvalue weighted by molar-refractivity contribution is -0.141. The number of hydrogen-bond donors (Lipinski definition) is 2. The zero-order valence-electron chi connectivity index (χ0n) is 12.7. The van der Waals surface area contributed by atoms with E-state index in [0.717, 1.165) is 24.2 Å². The lowest BCUT2D eigenvalue weighted by atomic mass is 10.0. The summed E-state index contributed by atoms with van der Waals surface area (Å²) in [5.74, 6) is -0.459. The average Bonchev–Trinajstić information content (AvgIpc) is 3.14. The Morgan fingerprint density at radius 2 is 2.00 bits per heavy atom. The van der Waals surface area contributed by atoms with Gasteiger partial charge in [-0.2, -0.15) is 0 Å². The molecule has 0 aromatic heterocycles. The van der Waals surface area contributed by atoms with Crippen LogP contribution in [0.2, 0.25) is 0 Å². The van der Waals surface area contributed by atoms with Gasteiger partial charge in [0, 0.05) is 5.92 Å². The third-order valence-corrected chi connectivity index (χ3v) is 4.92. The van der Waals surface area contributed by atoms with Gasteiger partial charge in [0.1, 0.15) is 5.75 Å². The highest BCUT2D eigenvalue weighted by molar-refractivity contribution is 5.81. The molecule has 0 bridgehead atoms. The van der Waals surface area contributed by atoms with Gasteiger partial charge in [0.05, 0.1) is 19.1 Å². The zero-order valence-corrected chi connectivity index (χ0v) is 12.7. The molecule has 0 spiro atoms. The fraction of sp³-hybridized carbons (Fsp3) is 0.529. The van der Waals surface area contributed by atoms with Crippen molar-refractivity contribution >= 4 is 11.9 Å². The molecule has 5 heteroatoms. The zero-order chi connectivity index (χ0) is 15.7. The van der Waals surface area contributed by atoms with Crippen molar-refractivity contribution in [1.29, 1.82) is 0 Å². The highest BCUT2D eigenvalue weighted by Gasteiger charge is 2.35. The summed E-state index contributed by atoms with van der Waals surface area (Å²) in [7, 11) is 1.66. The molecule has 2 N–H and O–H groups in total. The van der Waals surface area contributed by atoms with E-state index >= 15 is 0 Å². The summed E-state index contributed by atoms with van der Waals surface area (Å²) in [5, 5.41) is 12.1. The Hall–Kier alpha value is -2.04. The molecule has 22 heavy (non-hydrogen) atoms. The van der Waals surface area contributed by atoms with E-state index in [2.05, 4.69) is 5.32 Å². The van der Waals surface area contributed by atoms with Crippen LogP contribution in [0.1, 0.15) is 42.9 Å². The Kier molecular flexibility index (Phi) is 4.05. The number of carboxylic acid groups (broad SMARTS) is 1. The summed E-state index contributed by atoms with van der Waals surface area (Å²) >= 11 is 0. The number of nitrogens with one attached hydrogen (secondary N) is 1. The summed E-state index contributed by atoms with van der Waals surface area (Å²) in [6.45, 7) is 0. The van der Waals surface area contributed by atoms with Gasteiger partial charge in [-0.25, -0.2) is 0 Å². The van der Waals surface area contributed by atoms with Crippen LogP contribution in [0, 0.1) is 11.8 Å². The van der Waals surface area contributed by atoms with Crippen molar-refractivity contribution in [3.8, 4) is 5.75 Å². The number of carbonyl (C=O) groups excluding carboxylic acids is 1. The highest BCUT2D eigenvalue weighted by atomic mass is 16.5. The summed E-state index contributed by atoms with van der Waals surface area (Å²) in [6.07, 6.45) is 3.49. The van der Waals surface area contributed by atoms with Gasteiger partial charge >= 0.3 is 5.97 Å². The van der Waals surface area contributed by atoms with Crippen LogP contribution in [0.15, 0.2) is 18.2 Å². The maximum Gasteiger partial charge on any atom is 0.306 e. The van der Waals surface area contributed by atoms with Crippen LogP contribution in [0.3, 0.4) is 0 Å². The van der Waals surface area contributed by atoms with Gasteiger partial charge in [-0.3, -0.25) is 9.59 Å². The van der Waals surface area contributed by atoms with E-state index in [0.29, 0.717) is 19.3 Å². The van der Waals surface area contributed by atoms with Crippen molar-refractivity contribution in [2.75, 3.05) is 7.11 Å². The number of hydrogen-bond acceptors (Lipinski definition) is 3. The topological polar surface area (TPSA) is 75.6 Å². The summed E-state index contributed by atoms with van der Waals surface area (Å²) in [5.41, 5.74) is 2.30. The van der Waals surface area contributed by atoms with Crippen molar-refractivity contribution in [3.05, 3.63) is 29.3 Å². The van der Waals surface area contributed by atoms with Crippen molar-refractivity contribution in [2.45, 2.75) is 38.1 Å². The molecule has 3 rings (SSSR count). The minimum Gasteiger partial charge on any atom is -0.496 e. The second-order valence-electron chi connectivity index (χ2n) is 6.17. The van der Waals surface area contributed by atoms with E-state index in [9.17, 15) is 9.59 Å². The smallest absolute Gasteiger partial charge is 0.306 e. The molecule has 1 amide bonds. The molecule has 1 aromatic carbocycles. The first kappa shape index (κ1) is 14.9. The van der Waals surface area contributed by atoms with Gasteiger partial charge in [0.25, 0.3) is 0 Å². The number of aliphatic carboxylic acids is 1. The van der Waals surface area contributed by atoms with Crippen LogP contribution < -0.4 is 10.1 Å². The Morgan fingerprint density at radius 3 is 2.68 bits per heavy atom. The first-order valence-electron chi connectivity index (χ1n) is 7.79. The molecule has 1 unspecified atom stereocenters. The predicted octanol–water partition coefficient (Wildman–Crippen LogP) is 2.30. The number of ether oxygens (including phenoxy) is 1. The van der Waals surface area contributed by atoms with E-state index in [1.54, 1.807) is 7.11 Å². The van der Waals surface area contributed by atoms with Gasteiger partial charge in [-0.1, -0.05) is 12.1 Å². The van der Waals surface area contributed by atoms with E-state index in [1.807, 2.05) is 18.2 Å². The molecule has 0 radical (unpaired) electrons. The van der Waals surface area contributed by atoms with Crippen molar-refractivity contribution in [3.63, 3.8) is 0 Å². The minimum atomic E-state index is -0.786. The Morgan fingerprint density at radius 1 is 1.23 bits per heavy atom. The largest absolute Gasteiger partial charge is 0.496 e. The van der Waals surface area contributed by atoms with Crippen molar-refractivity contribution in [1.82, 2.24) is 5.32 Å². The maximum atomic E-state index is 12.4. The van der Waals surface area contributed by atoms with Gasteiger partial charge in [-0.15, -0.1) is 0 Å². The van der Waals surface area contributed by atoms with E-state index in [-0.39, 0.29) is 23.8 Å². The van der Waals surface area contributed by atoms with E-state index < -0.39 is 5.97 Å².